The first kappa shape index (κ1) is 10.5. The first-order valence-corrected chi connectivity index (χ1v) is 4.10. The van der Waals surface area contributed by atoms with Crippen LogP contribution in [0.2, 0.25) is 5.02 Å². The van der Waals surface area contributed by atoms with Gasteiger partial charge in [0.05, 0.1) is 5.02 Å². The molecule has 1 N–H and O–H groups in total. The van der Waals surface area contributed by atoms with E-state index in [1.165, 1.54) is 18.2 Å². The molecule has 0 aliphatic carbocycles. The van der Waals surface area contributed by atoms with Crippen molar-refractivity contribution in [3.63, 3.8) is 0 Å². The van der Waals surface area contributed by atoms with Gasteiger partial charge in [-0.2, -0.15) is 0 Å². The SMILES string of the molecule is O=Cc1ccc(OCC(=O)O)c(Cl)c1. The lowest BCUT2D eigenvalue weighted by atomic mass is 10.2. The number of halogens is 1. The summed E-state index contributed by atoms with van der Waals surface area (Å²) in [6.45, 7) is -0.458. The molecule has 4 nitrogen and oxygen atoms in total. The molecule has 0 aliphatic heterocycles. The second kappa shape index (κ2) is 4.62. The number of carbonyl (C=O) groups is 2. The Morgan fingerprint density at radius 3 is 2.79 bits per heavy atom. The van der Waals surface area contributed by atoms with Gasteiger partial charge in [0.2, 0.25) is 0 Å². The van der Waals surface area contributed by atoms with Crippen LogP contribution in [0.3, 0.4) is 0 Å². The molecule has 0 spiro atoms. The van der Waals surface area contributed by atoms with Crippen molar-refractivity contribution in [2.45, 2.75) is 0 Å². The van der Waals surface area contributed by atoms with Gasteiger partial charge in [-0.1, -0.05) is 11.6 Å². The first-order valence-electron chi connectivity index (χ1n) is 3.73. The Bertz CT molecular complexity index is 362. The minimum Gasteiger partial charge on any atom is -0.480 e. The van der Waals surface area contributed by atoms with Crippen molar-refractivity contribution in [3.8, 4) is 5.75 Å². The Labute approximate surface area is 85.1 Å². The summed E-state index contributed by atoms with van der Waals surface area (Å²) < 4.78 is 4.85. The molecule has 0 saturated carbocycles. The molecule has 0 heterocycles. The minimum absolute atomic E-state index is 0.218. The van der Waals surface area contributed by atoms with Gasteiger partial charge in [0, 0.05) is 5.56 Å². The van der Waals surface area contributed by atoms with E-state index in [9.17, 15) is 9.59 Å². The van der Waals surface area contributed by atoms with Crippen molar-refractivity contribution in [1.82, 2.24) is 0 Å². The molecule has 0 radical (unpaired) electrons. The largest absolute Gasteiger partial charge is 0.480 e. The van der Waals surface area contributed by atoms with Crippen LogP contribution in [0.5, 0.6) is 5.75 Å². The molecule has 0 saturated heterocycles. The van der Waals surface area contributed by atoms with Crippen LogP contribution in [-0.4, -0.2) is 24.0 Å². The molecular weight excluding hydrogens is 208 g/mol. The fourth-order valence-electron chi connectivity index (χ4n) is 0.847. The molecule has 14 heavy (non-hydrogen) atoms. The summed E-state index contributed by atoms with van der Waals surface area (Å²) in [4.78, 5) is 20.5. The van der Waals surface area contributed by atoms with Crippen LogP contribution in [0.4, 0.5) is 0 Å². The number of rotatable bonds is 4. The molecular formula is C9H7ClO4. The summed E-state index contributed by atoms with van der Waals surface area (Å²) in [5, 5.41) is 8.56. The zero-order chi connectivity index (χ0) is 10.6. The van der Waals surface area contributed by atoms with Crippen LogP contribution in [0.25, 0.3) is 0 Å². The zero-order valence-corrected chi connectivity index (χ0v) is 7.82. The lowest BCUT2D eigenvalue weighted by Gasteiger charge is -2.04. The monoisotopic (exact) mass is 214 g/mol. The highest BCUT2D eigenvalue weighted by atomic mass is 35.5. The van der Waals surface area contributed by atoms with E-state index < -0.39 is 12.6 Å². The van der Waals surface area contributed by atoms with Crippen molar-refractivity contribution in [1.29, 1.82) is 0 Å². The number of carboxylic acid groups (broad SMARTS) is 1. The molecule has 0 amide bonds. The summed E-state index contributed by atoms with van der Waals surface area (Å²) in [5.41, 5.74) is 0.415. The summed E-state index contributed by atoms with van der Waals surface area (Å²) >= 11 is 5.71. The Hall–Kier alpha value is -1.55. The van der Waals surface area contributed by atoms with Crippen LogP contribution in [0.15, 0.2) is 18.2 Å². The van der Waals surface area contributed by atoms with E-state index in [-0.39, 0.29) is 10.8 Å². The number of ether oxygens (including phenoxy) is 1. The fourth-order valence-corrected chi connectivity index (χ4v) is 1.09. The van der Waals surface area contributed by atoms with Crippen molar-refractivity contribution in [3.05, 3.63) is 28.8 Å². The Balaban J connectivity index is 2.78. The number of aliphatic carboxylic acids is 1. The predicted octanol–water partition coefficient (Wildman–Crippen LogP) is 1.62. The molecule has 0 unspecified atom stereocenters. The van der Waals surface area contributed by atoms with Gasteiger partial charge in [0.1, 0.15) is 12.0 Å². The molecule has 1 aromatic carbocycles. The highest BCUT2D eigenvalue weighted by molar-refractivity contribution is 6.32. The molecule has 0 aromatic heterocycles. The zero-order valence-electron chi connectivity index (χ0n) is 7.07. The van der Waals surface area contributed by atoms with Crippen molar-refractivity contribution in [2.24, 2.45) is 0 Å². The van der Waals surface area contributed by atoms with E-state index in [1.54, 1.807) is 0 Å². The van der Waals surface area contributed by atoms with Crippen molar-refractivity contribution in [2.75, 3.05) is 6.61 Å². The molecule has 0 fully saturated rings. The third kappa shape index (κ3) is 2.74. The predicted molar refractivity (Wildman–Crippen MR) is 50.0 cm³/mol. The maximum absolute atomic E-state index is 10.3. The van der Waals surface area contributed by atoms with Gasteiger partial charge >= 0.3 is 5.97 Å². The Kier molecular flexibility index (Phi) is 3.48. The second-order valence-corrected chi connectivity index (χ2v) is 2.90. The minimum atomic E-state index is -1.08. The summed E-state index contributed by atoms with van der Waals surface area (Å²) in [6.07, 6.45) is 0.646. The van der Waals surface area contributed by atoms with E-state index in [0.29, 0.717) is 11.8 Å². The van der Waals surface area contributed by atoms with E-state index >= 15 is 0 Å². The third-order valence-electron chi connectivity index (χ3n) is 1.44. The van der Waals surface area contributed by atoms with E-state index in [4.69, 9.17) is 21.4 Å². The molecule has 1 rings (SSSR count). The number of carbonyl (C=O) groups excluding carboxylic acids is 1. The Morgan fingerprint density at radius 1 is 1.57 bits per heavy atom. The smallest absolute Gasteiger partial charge is 0.341 e. The van der Waals surface area contributed by atoms with Gasteiger partial charge in [-0.3, -0.25) is 4.79 Å². The highest BCUT2D eigenvalue weighted by Gasteiger charge is 2.04. The standard InChI is InChI=1S/C9H7ClO4/c10-7-3-6(4-11)1-2-8(7)14-5-9(12)13/h1-4H,5H2,(H,12,13). The maximum atomic E-state index is 10.3. The summed E-state index contributed by atoms with van der Waals surface area (Å²) in [7, 11) is 0. The van der Waals surface area contributed by atoms with Crippen LogP contribution in [-0.2, 0) is 4.79 Å². The van der Waals surface area contributed by atoms with Crippen LogP contribution in [0, 0.1) is 0 Å². The number of hydrogen-bond donors (Lipinski definition) is 1. The first-order chi connectivity index (χ1) is 6.63. The van der Waals surface area contributed by atoms with Gasteiger partial charge in [-0.05, 0) is 18.2 Å². The van der Waals surface area contributed by atoms with Gasteiger partial charge in [-0.25, -0.2) is 4.79 Å². The molecule has 0 bridgehead atoms. The third-order valence-corrected chi connectivity index (χ3v) is 1.74. The normalized spacial score (nSPS) is 9.50. The van der Waals surface area contributed by atoms with E-state index in [0.717, 1.165) is 0 Å². The lowest BCUT2D eigenvalue weighted by molar-refractivity contribution is -0.139. The Morgan fingerprint density at radius 2 is 2.29 bits per heavy atom. The van der Waals surface area contributed by atoms with Gasteiger partial charge in [0.25, 0.3) is 0 Å². The second-order valence-electron chi connectivity index (χ2n) is 2.49. The summed E-state index contributed by atoms with van der Waals surface area (Å²) in [6, 6.07) is 4.36. The van der Waals surface area contributed by atoms with Gasteiger partial charge in [-0.15, -0.1) is 0 Å². The lowest BCUT2D eigenvalue weighted by Crippen LogP contribution is -2.09. The van der Waals surface area contributed by atoms with Gasteiger partial charge < -0.3 is 9.84 Å². The molecule has 0 atom stereocenters. The molecule has 5 heteroatoms. The van der Waals surface area contributed by atoms with Crippen molar-refractivity contribution < 1.29 is 19.4 Å². The topological polar surface area (TPSA) is 63.6 Å². The average molecular weight is 215 g/mol. The number of aldehydes is 1. The summed E-state index contributed by atoms with van der Waals surface area (Å²) in [5.74, 6) is -0.833. The van der Waals surface area contributed by atoms with Crippen LogP contribution < -0.4 is 4.74 Å². The quantitative estimate of drug-likeness (QED) is 0.774. The number of benzene rings is 1. The van der Waals surface area contributed by atoms with Crippen LogP contribution >= 0.6 is 11.6 Å². The average Bonchev–Trinajstić information content (AvgIpc) is 2.15. The maximum Gasteiger partial charge on any atom is 0.341 e. The molecule has 0 aliphatic rings. The van der Waals surface area contributed by atoms with Crippen molar-refractivity contribution >= 4 is 23.9 Å². The number of hydrogen-bond acceptors (Lipinski definition) is 3. The van der Waals surface area contributed by atoms with E-state index in [2.05, 4.69) is 0 Å². The van der Waals surface area contributed by atoms with E-state index in [1.807, 2.05) is 0 Å². The highest BCUT2D eigenvalue weighted by Crippen LogP contribution is 2.24. The fraction of sp³-hybridized carbons (Fsp3) is 0.111. The van der Waals surface area contributed by atoms with Crippen LogP contribution in [0.1, 0.15) is 10.4 Å². The molecule has 1 aromatic rings. The molecule has 74 valence electrons. The van der Waals surface area contributed by atoms with Gasteiger partial charge in [0.15, 0.2) is 6.61 Å². The number of carboxylic acids is 1.